The van der Waals surface area contributed by atoms with E-state index in [1.54, 1.807) is 24.3 Å². The summed E-state index contributed by atoms with van der Waals surface area (Å²) in [5.74, 6) is 0.0766. The van der Waals surface area contributed by atoms with Gasteiger partial charge in [0.15, 0.2) is 16.6 Å². The number of aliphatic hydroxyl groups excluding tert-OH is 1. The number of hydrogen-bond donors (Lipinski definition) is 1. The number of fused-ring (bicyclic) bond motifs is 2. The van der Waals surface area contributed by atoms with Crippen molar-refractivity contribution in [2.45, 2.75) is 59.1 Å². The first-order chi connectivity index (χ1) is 20.8. The molecule has 6 rings (SSSR count). The third-order valence-corrected chi connectivity index (χ3v) is 8.71. The van der Waals surface area contributed by atoms with Crippen LogP contribution >= 0.6 is 11.3 Å². The lowest BCUT2D eigenvalue weighted by Gasteiger charge is -2.24. The van der Waals surface area contributed by atoms with Crippen molar-refractivity contribution < 1.29 is 28.9 Å². The van der Waals surface area contributed by atoms with Gasteiger partial charge in [0.25, 0.3) is 5.78 Å². The third-order valence-electron chi connectivity index (χ3n) is 7.69. The van der Waals surface area contributed by atoms with Gasteiger partial charge in [-0.05, 0) is 86.3 Å². The largest absolute Gasteiger partial charge is 0.507 e. The fourth-order valence-corrected chi connectivity index (χ4v) is 6.69. The number of ether oxygens (including phenoxy) is 3. The highest BCUT2D eigenvalue weighted by Crippen LogP contribution is 2.46. The summed E-state index contributed by atoms with van der Waals surface area (Å²) >= 11 is 1.34. The molecule has 9 heteroatoms. The van der Waals surface area contributed by atoms with Crippen molar-refractivity contribution in [3.63, 3.8) is 0 Å². The molecule has 1 N–H and O–H groups in total. The number of rotatable bonds is 9. The van der Waals surface area contributed by atoms with E-state index in [2.05, 4.69) is 6.92 Å². The van der Waals surface area contributed by atoms with Crippen LogP contribution in [0.25, 0.3) is 16.0 Å². The highest BCUT2D eigenvalue weighted by atomic mass is 32.1. The molecule has 1 amide bonds. The van der Waals surface area contributed by atoms with E-state index in [1.165, 1.54) is 16.2 Å². The van der Waals surface area contributed by atoms with Crippen LogP contribution < -0.4 is 19.1 Å². The standard InChI is InChI=1S/C34H34N2O6S/c1-5-7-14-41-26-13-9-21(18-27(26)40-6-2)30-29(31(37)22-10-12-25-23(17-22)16-20(4)42-25)32(38)33(39)36(30)34-35-24-11-8-19(3)15-28(24)43-34/h8-13,15,17-18,20,30,37H,5-7,14,16H2,1-4H3/t20-,30-/m0/s1. The highest BCUT2D eigenvalue weighted by Gasteiger charge is 2.48. The van der Waals surface area contributed by atoms with Gasteiger partial charge in [-0.2, -0.15) is 0 Å². The van der Waals surface area contributed by atoms with Crippen molar-refractivity contribution in [3.8, 4) is 17.2 Å². The Morgan fingerprint density at radius 2 is 1.91 bits per heavy atom. The normalized spacial score (nSPS) is 19.1. The van der Waals surface area contributed by atoms with E-state index in [0.29, 0.717) is 47.4 Å². The molecule has 0 spiro atoms. The zero-order valence-corrected chi connectivity index (χ0v) is 25.5. The molecule has 3 heterocycles. The predicted octanol–water partition coefficient (Wildman–Crippen LogP) is 7.13. The van der Waals surface area contributed by atoms with Crippen LogP contribution in [0.2, 0.25) is 0 Å². The lowest BCUT2D eigenvalue weighted by molar-refractivity contribution is -0.132. The highest BCUT2D eigenvalue weighted by molar-refractivity contribution is 7.22. The summed E-state index contributed by atoms with van der Waals surface area (Å²) in [6.45, 7) is 8.90. The quantitative estimate of drug-likeness (QED) is 0.0947. The molecule has 1 saturated heterocycles. The predicted molar refractivity (Wildman–Crippen MR) is 167 cm³/mol. The van der Waals surface area contributed by atoms with E-state index in [0.717, 1.165) is 39.9 Å². The number of benzene rings is 3. The van der Waals surface area contributed by atoms with Gasteiger partial charge in [0, 0.05) is 12.0 Å². The van der Waals surface area contributed by atoms with E-state index in [1.807, 2.05) is 51.1 Å². The number of thiazole rings is 1. The Labute approximate surface area is 254 Å². The molecule has 2 atom stereocenters. The molecule has 0 radical (unpaired) electrons. The molecule has 1 fully saturated rings. The molecular formula is C34H34N2O6S. The second-order valence-electron chi connectivity index (χ2n) is 10.9. The molecule has 222 valence electrons. The Bertz CT molecular complexity index is 1760. The van der Waals surface area contributed by atoms with Crippen LogP contribution in [0, 0.1) is 6.92 Å². The minimum absolute atomic E-state index is 0.00514. The first kappa shape index (κ1) is 28.7. The van der Waals surface area contributed by atoms with Gasteiger partial charge in [-0.15, -0.1) is 0 Å². The smallest absolute Gasteiger partial charge is 0.301 e. The maximum absolute atomic E-state index is 13.8. The zero-order valence-electron chi connectivity index (χ0n) is 24.7. The van der Waals surface area contributed by atoms with Gasteiger partial charge < -0.3 is 19.3 Å². The fourth-order valence-electron chi connectivity index (χ4n) is 5.60. The van der Waals surface area contributed by atoms with Crippen molar-refractivity contribution in [1.82, 2.24) is 4.98 Å². The summed E-state index contributed by atoms with van der Waals surface area (Å²) in [5.41, 5.74) is 3.78. The average Bonchev–Trinajstić information content (AvgIpc) is 3.65. The number of amides is 1. The number of carbonyl (C=O) groups is 2. The van der Waals surface area contributed by atoms with Crippen molar-refractivity contribution in [1.29, 1.82) is 0 Å². The molecule has 8 nitrogen and oxygen atoms in total. The number of carbonyl (C=O) groups excluding carboxylic acids is 2. The van der Waals surface area contributed by atoms with Crippen molar-refractivity contribution >= 4 is 44.1 Å². The van der Waals surface area contributed by atoms with Crippen LogP contribution in [0.3, 0.4) is 0 Å². The fraction of sp³-hybridized carbons (Fsp3) is 0.324. The van der Waals surface area contributed by atoms with Gasteiger partial charge in [-0.1, -0.05) is 36.8 Å². The number of hydrogen-bond acceptors (Lipinski definition) is 8. The van der Waals surface area contributed by atoms with Gasteiger partial charge in [-0.25, -0.2) is 4.98 Å². The van der Waals surface area contributed by atoms with E-state index in [-0.39, 0.29) is 17.4 Å². The molecule has 2 aliphatic rings. The van der Waals surface area contributed by atoms with Crippen molar-refractivity contribution in [2.24, 2.45) is 0 Å². The monoisotopic (exact) mass is 598 g/mol. The summed E-state index contributed by atoms with van der Waals surface area (Å²) in [6.07, 6.45) is 2.61. The Balaban J connectivity index is 1.51. The number of anilines is 1. The molecular weight excluding hydrogens is 564 g/mol. The summed E-state index contributed by atoms with van der Waals surface area (Å²) in [7, 11) is 0. The molecule has 0 bridgehead atoms. The maximum Gasteiger partial charge on any atom is 0.301 e. The number of unbranched alkanes of at least 4 members (excludes halogenated alkanes) is 1. The SMILES string of the molecule is CCCCOc1ccc([C@H]2C(=C(O)c3ccc4c(c3)C[C@H](C)O4)C(=O)C(=O)N2c2nc3ccc(C)cc3s2)cc1OCC. The molecule has 0 unspecified atom stereocenters. The first-order valence-electron chi connectivity index (χ1n) is 14.7. The number of aromatic nitrogens is 1. The van der Waals surface area contributed by atoms with Crippen LogP contribution in [-0.2, 0) is 16.0 Å². The van der Waals surface area contributed by atoms with Gasteiger partial charge >= 0.3 is 5.91 Å². The third kappa shape index (κ3) is 5.33. The first-order valence-corrected chi connectivity index (χ1v) is 15.5. The number of nitrogens with zero attached hydrogens (tertiary/aromatic N) is 2. The minimum atomic E-state index is -0.936. The molecule has 2 aliphatic heterocycles. The van der Waals surface area contributed by atoms with Gasteiger partial charge in [0.05, 0.1) is 35.0 Å². The van der Waals surface area contributed by atoms with E-state index < -0.39 is 17.7 Å². The summed E-state index contributed by atoms with van der Waals surface area (Å²) in [6, 6.07) is 15.7. The van der Waals surface area contributed by atoms with Gasteiger partial charge in [0.1, 0.15) is 17.6 Å². The average molecular weight is 599 g/mol. The molecule has 0 saturated carbocycles. The topological polar surface area (TPSA) is 98.2 Å². The maximum atomic E-state index is 13.8. The minimum Gasteiger partial charge on any atom is -0.507 e. The van der Waals surface area contributed by atoms with Crippen LogP contribution in [-0.4, -0.2) is 41.1 Å². The lowest BCUT2D eigenvalue weighted by Crippen LogP contribution is -2.29. The number of aryl methyl sites for hydroxylation is 1. The number of aliphatic hydroxyl groups is 1. The van der Waals surface area contributed by atoms with Crippen LogP contribution in [0.4, 0.5) is 5.13 Å². The van der Waals surface area contributed by atoms with Crippen LogP contribution in [0.15, 0.2) is 60.2 Å². The van der Waals surface area contributed by atoms with E-state index >= 15 is 0 Å². The summed E-state index contributed by atoms with van der Waals surface area (Å²) in [5, 5.41) is 12.1. The van der Waals surface area contributed by atoms with Gasteiger partial charge in [0.2, 0.25) is 0 Å². The number of Topliss-reactive ketones (excluding diaryl/α,β-unsaturated/α-hetero) is 1. The van der Waals surface area contributed by atoms with Gasteiger partial charge in [-0.3, -0.25) is 14.5 Å². The second-order valence-corrected chi connectivity index (χ2v) is 11.9. The van der Waals surface area contributed by atoms with E-state index in [4.69, 9.17) is 19.2 Å². The Kier molecular flexibility index (Phi) is 7.83. The summed E-state index contributed by atoms with van der Waals surface area (Å²) in [4.78, 5) is 33.7. The number of ketones is 1. The lowest BCUT2D eigenvalue weighted by atomic mass is 9.94. The molecule has 0 aliphatic carbocycles. The zero-order chi connectivity index (χ0) is 30.2. The molecule has 3 aromatic carbocycles. The Morgan fingerprint density at radius 1 is 1.07 bits per heavy atom. The van der Waals surface area contributed by atoms with Crippen LogP contribution in [0.1, 0.15) is 61.9 Å². The van der Waals surface area contributed by atoms with Crippen molar-refractivity contribution in [3.05, 3.63) is 82.4 Å². The summed E-state index contributed by atoms with van der Waals surface area (Å²) < 4.78 is 18.7. The Hall–Kier alpha value is -4.37. The molecule has 1 aromatic heterocycles. The molecule has 43 heavy (non-hydrogen) atoms. The molecule has 4 aromatic rings. The van der Waals surface area contributed by atoms with Crippen molar-refractivity contribution in [2.75, 3.05) is 18.1 Å². The van der Waals surface area contributed by atoms with E-state index in [9.17, 15) is 14.7 Å². The van der Waals surface area contributed by atoms with Crippen LogP contribution in [0.5, 0.6) is 17.2 Å². The second kappa shape index (κ2) is 11.7. The Morgan fingerprint density at radius 3 is 2.70 bits per heavy atom.